The Hall–Kier alpha value is -0.890. The largest absolute Gasteiger partial charge is 0.294 e. The van der Waals surface area contributed by atoms with Gasteiger partial charge in [-0.3, -0.25) is 4.79 Å². The van der Waals surface area contributed by atoms with Crippen LogP contribution in [-0.4, -0.2) is 5.78 Å². The van der Waals surface area contributed by atoms with E-state index in [1.807, 2.05) is 25.1 Å². The zero-order valence-electron chi connectivity index (χ0n) is 7.51. The summed E-state index contributed by atoms with van der Waals surface area (Å²) in [6.45, 7) is 5.50. The van der Waals surface area contributed by atoms with Crippen LogP contribution in [0.15, 0.2) is 35.3 Å². The lowest BCUT2D eigenvalue weighted by atomic mass is 10.1. The average molecular weight is 239 g/mol. The van der Waals surface area contributed by atoms with Crippen molar-refractivity contribution < 1.29 is 4.79 Å². The van der Waals surface area contributed by atoms with Gasteiger partial charge in [-0.25, -0.2) is 0 Å². The van der Waals surface area contributed by atoms with Crippen molar-refractivity contribution in [2.75, 3.05) is 0 Å². The predicted octanol–water partition coefficient (Wildman–Crippen LogP) is 3.52. The van der Waals surface area contributed by atoms with Gasteiger partial charge in [0.15, 0.2) is 5.78 Å². The summed E-state index contributed by atoms with van der Waals surface area (Å²) >= 11 is 3.39. The van der Waals surface area contributed by atoms with Gasteiger partial charge in [-0.05, 0) is 24.6 Å². The van der Waals surface area contributed by atoms with Crippen molar-refractivity contribution in [3.8, 4) is 0 Å². The lowest BCUT2D eigenvalue weighted by Gasteiger charge is -2.01. The fourth-order valence-electron chi connectivity index (χ4n) is 1.07. The first kappa shape index (κ1) is 10.2. The smallest absolute Gasteiger partial charge is 0.166 e. The summed E-state index contributed by atoms with van der Waals surface area (Å²) in [4.78, 5) is 11.4. The van der Waals surface area contributed by atoms with Crippen LogP contribution in [-0.2, 0) is 0 Å². The van der Waals surface area contributed by atoms with E-state index in [9.17, 15) is 4.79 Å². The summed E-state index contributed by atoms with van der Waals surface area (Å²) in [6, 6.07) is 5.60. The van der Waals surface area contributed by atoms with E-state index in [2.05, 4.69) is 22.5 Å². The summed E-state index contributed by atoms with van der Waals surface area (Å²) in [5.74, 6) is 0.116. The number of benzene rings is 1. The number of Topliss-reactive ketones (excluding diaryl/α,β-unsaturated/α-hetero) is 1. The molecule has 0 aliphatic heterocycles. The molecule has 0 fully saturated rings. The number of aryl methyl sites for hydroxylation is 1. The lowest BCUT2D eigenvalue weighted by molar-refractivity contribution is 0.0996. The van der Waals surface area contributed by atoms with Gasteiger partial charge in [0.25, 0.3) is 0 Å². The van der Waals surface area contributed by atoms with E-state index in [1.54, 1.807) is 6.08 Å². The first-order valence-electron chi connectivity index (χ1n) is 4.05. The van der Waals surface area contributed by atoms with Crippen molar-refractivity contribution >= 4 is 21.7 Å². The Kier molecular flexibility index (Phi) is 3.43. The SMILES string of the molecule is C=CCC(=O)c1ccc(Br)c(C)c1. The number of carbonyl (C=O) groups is 1. The molecule has 68 valence electrons. The van der Waals surface area contributed by atoms with Crippen LogP contribution in [0.2, 0.25) is 0 Å². The van der Waals surface area contributed by atoms with Crippen molar-refractivity contribution in [2.45, 2.75) is 13.3 Å². The molecule has 0 amide bonds. The van der Waals surface area contributed by atoms with Crippen LogP contribution in [0.25, 0.3) is 0 Å². The highest BCUT2D eigenvalue weighted by Crippen LogP contribution is 2.17. The number of rotatable bonds is 3. The zero-order chi connectivity index (χ0) is 9.84. The highest BCUT2D eigenvalue weighted by molar-refractivity contribution is 9.10. The second-order valence-electron chi connectivity index (χ2n) is 2.88. The quantitative estimate of drug-likeness (QED) is 0.582. The van der Waals surface area contributed by atoms with E-state index in [4.69, 9.17) is 0 Å². The van der Waals surface area contributed by atoms with Crippen molar-refractivity contribution in [1.29, 1.82) is 0 Å². The monoisotopic (exact) mass is 238 g/mol. The third-order valence-corrected chi connectivity index (χ3v) is 2.70. The standard InChI is InChI=1S/C11H11BrO/c1-3-4-11(13)9-5-6-10(12)8(2)7-9/h3,5-7H,1,4H2,2H3. The highest BCUT2D eigenvalue weighted by Gasteiger charge is 2.04. The Balaban J connectivity index is 2.96. The van der Waals surface area contributed by atoms with Gasteiger partial charge in [0.1, 0.15) is 0 Å². The van der Waals surface area contributed by atoms with Gasteiger partial charge in [-0.15, -0.1) is 6.58 Å². The average Bonchev–Trinajstić information content (AvgIpc) is 2.10. The third kappa shape index (κ3) is 2.52. The maximum absolute atomic E-state index is 11.4. The van der Waals surface area contributed by atoms with Crippen LogP contribution in [0.1, 0.15) is 22.3 Å². The van der Waals surface area contributed by atoms with Gasteiger partial charge in [-0.1, -0.05) is 28.1 Å². The fraction of sp³-hybridized carbons (Fsp3) is 0.182. The van der Waals surface area contributed by atoms with Crippen LogP contribution in [0, 0.1) is 6.92 Å². The minimum atomic E-state index is 0.116. The Bertz CT molecular complexity index is 342. The Morgan fingerprint density at radius 3 is 2.85 bits per heavy atom. The number of hydrogen-bond acceptors (Lipinski definition) is 1. The van der Waals surface area contributed by atoms with Crippen molar-refractivity contribution in [2.24, 2.45) is 0 Å². The Morgan fingerprint density at radius 2 is 2.31 bits per heavy atom. The molecule has 0 aliphatic carbocycles. The van der Waals surface area contributed by atoms with Crippen LogP contribution in [0.4, 0.5) is 0 Å². The van der Waals surface area contributed by atoms with E-state index in [0.717, 1.165) is 15.6 Å². The number of hydrogen-bond donors (Lipinski definition) is 0. The minimum absolute atomic E-state index is 0.116. The molecule has 0 aliphatic rings. The molecule has 0 saturated carbocycles. The van der Waals surface area contributed by atoms with Gasteiger partial charge < -0.3 is 0 Å². The zero-order valence-corrected chi connectivity index (χ0v) is 9.10. The Labute approximate surface area is 86.6 Å². The van der Waals surface area contributed by atoms with Gasteiger partial charge >= 0.3 is 0 Å². The van der Waals surface area contributed by atoms with E-state index in [-0.39, 0.29) is 5.78 Å². The molecular weight excluding hydrogens is 228 g/mol. The van der Waals surface area contributed by atoms with Crippen LogP contribution < -0.4 is 0 Å². The molecule has 0 atom stereocenters. The third-order valence-electron chi connectivity index (χ3n) is 1.81. The molecule has 0 heterocycles. The maximum atomic E-state index is 11.4. The normalized spacial score (nSPS) is 9.69. The fourth-order valence-corrected chi connectivity index (χ4v) is 1.31. The number of halogens is 1. The molecule has 1 nitrogen and oxygen atoms in total. The number of allylic oxidation sites excluding steroid dienone is 1. The molecule has 0 aromatic heterocycles. The summed E-state index contributed by atoms with van der Waals surface area (Å²) in [7, 11) is 0. The van der Waals surface area contributed by atoms with Gasteiger partial charge in [-0.2, -0.15) is 0 Å². The van der Waals surface area contributed by atoms with E-state index in [1.165, 1.54) is 0 Å². The van der Waals surface area contributed by atoms with E-state index >= 15 is 0 Å². The van der Waals surface area contributed by atoms with Crippen molar-refractivity contribution in [1.82, 2.24) is 0 Å². The van der Waals surface area contributed by atoms with Crippen molar-refractivity contribution in [3.63, 3.8) is 0 Å². The van der Waals surface area contributed by atoms with Gasteiger partial charge in [0.2, 0.25) is 0 Å². The van der Waals surface area contributed by atoms with Gasteiger partial charge in [0.05, 0.1) is 0 Å². The minimum Gasteiger partial charge on any atom is -0.294 e. The molecule has 0 spiro atoms. The number of carbonyl (C=O) groups excluding carboxylic acids is 1. The first-order valence-corrected chi connectivity index (χ1v) is 4.84. The molecule has 0 saturated heterocycles. The summed E-state index contributed by atoms with van der Waals surface area (Å²) in [5.41, 5.74) is 1.83. The summed E-state index contributed by atoms with van der Waals surface area (Å²) < 4.78 is 1.03. The van der Waals surface area contributed by atoms with Gasteiger partial charge in [0, 0.05) is 16.5 Å². The molecular formula is C11H11BrO. The molecule has 0 radical (unpaired) electrons. The lowest BCUT2D eigenvalue weighted by Crippen LogP contribution is -1.97. The van der Waals surface area contributed by atoms with E-state index < -0.39 is 0 Å². The second-order valence-corrected chi connectivity index (χ2v) is 3.73. The van der Waals surface area contributed by atoms with Crippen molar-refractivity contribution in [3.05, 3.63) is 46.5 Å². The molecule has 0 bridgehead atoms. The van der Waals surface area contributed by atoms with E-state index in [0.29, 0.717) is 6.42 Å². The molecule has 2 heteroatoms. The molecule has 1 aromatic carbocycles. The second kappa shape index (κ2) is 4.38. The van der Waals surface area contributed by atoms with Crippen LogP contribution >= 0.6 is 15.9 Å². The van der Waals surface area contributed by atoms with Crippen LogP contribution in [0.5, 0.6) is 0 Å². The topological polar surface area (TPSA) is 17.1 Å². The van der Waals surface area contributed by atoms with Crippen LogP contribution in [0.3, 0.4) is 0 Å². The number of ketones is 1. The molecule has 1 rings (SSSR count). The molecule has 1 aromatic rings. The Morgan fingerprint density at radius 1 is 1.62 bits per heavy atom. The predicted molar refractivity (Wildman–Crippen MR) is 58.0 cm³/mol. The molecule has 13 heavy (non-hydrogen) atoms. The summed E-state index contributed by atoms with van der Waals surface area (Å²) in [6.07, 6.45) is 2.03. The summed E-state index contributed by atoms with van der Waals surface area (Å²) in [5, 5.41) is 0. The maximum Gasteiger partial charge on any atom is 0.166 e. The highest BCUT2D eigenvalue weighted by atomic mass is 79.9. The molecule has 0 N–H and O–H groups in total. The molecule has 0 unspecified atom stereocenters. The first-order chi connectivity index (χ1) is 6.15.